The Morgan fingerprint density at radius 1 is 0.769 bits per heavy atom. The molecule has 0 unspecified atom stereocenters. The van der Waals surface area contributed by atoms with Gasteiger partial charge in [0.1, 0.15) is 22.7 Å². The number of benzene rings is 2. The molecule has 11 heteroatoms. The van der Waals surface area contributed by atoms with Crippen LogP contribution in [0.25, 0.3) is 0 Å². The van der Waals surface area contributed by atoms with Crippen LogP contribution in [0.1, 0.15) is 100 Å². The zero-order valence-electron chi connectivity index (χ0n) is 23.5. The van der Waals surface area contributed by atoms with Gasteiger partial charge in [-0.25, -0.2) is 9.59 Å². The summed E-state index contributed by atoms with van der Waals surface area (Å²) in [5.74, 6) is -0.150. The van der Waals surface area contributed by atoms with E-state index in [1.165, 1.54) is 0 Å². The van der Waals surface area contributed by atoms with Gasteiger partial charge in [0.25, 0.3) is 0 Å². The van der Waals surface area contributed by atoms with Gasteiger partial charge in [-0.2, -0.15) is 0 Å². The summed E-state index contributed by atoms with van der Waals surface area (Å²) in [4.78, 5) is 22.1. The van der Waals surface area contributed by atoms with Gasteiger partial charge >= 0.3 is 11.9 Å². The van der Waals surface area contributed by atoms with Crippen molar-refractivity contribution in [2.24, 2.45) is 0 Å². The van der Waals surface area contributed by atoms with Crippen LogP contribution in [0.2, 0.25) is 0 Å². The second-order valence-corrected chi connectivity index (χ2v) is 13.2. The summed E-state index contributed by atoms with van der Waals surface area (Å²) in [6.45, 7) is 16.8. The summed E-state index contributed by atoms with van der Waals surface area (Å²) in [6.07, 6.45) is 1.74. The third kappa shape index (κ3) is 9.84. The molecule has 0 fully saturated rings. The number of carbonyl (C=O) groups is 2. The van der Waals surface area contributed by atoms with Gasteiger partial charge in [0, 0.05) is 76.7 Å². The van der Waals surface area contributed by atoms with Crippen molar-refractivity contribution in [1.82, 2.24) is 0 Å². The first-order chi connectivity index (χ1) is 16.8. The Hall–Kier alpha value is 0.132. The second kappa shape index (κ2) is 14.5. The van der Waals surface area contributed by atoms with Gasteiger partial charge in [-0.3, -0.25) is 0 Å². The molecule has 2 aromatic carbocycles. The molecule has 0 aromatic heterocycles. The van der Waals surface area contributed by atoms with Gasteiger partial charge in [-0.05, 0) is 113 Å². The molecule has 0 atom stereocenters. The Labute approximate surface area is 298 Å². The number of hydrogen-bond acceptors (Lipinski definition) is 4. The molecule has 1 radical (unpaired) electrons. The molecule has 2 aliphatic rings. The van der Waals surface area contributed by atoms with E-state index in [-0.39, 0.29) is 71.6 Å². The first-order valence-corrected chi connectivity index (χ1v) is 15.6. The maximum absolute atomic E-state index is 11.1. The van der Waals surface area contributed by atoms with Gasteiger partial charge in [-0.15, -0.1) is 0 Å². The van der Waals surface area contributed by atoms with Crippen molar-refractivity contribution in [1.29, 1.82) is 0 Å². The molecular formula is C28H37AcClI2O7. The predicted octanol–water partition coefficient (Wildman–Crippen LogP) is 7.80. The van der Waals surface area contributed by atoms with Crippen LogP contribution in [0.5, 0.6) is 11.5 Å². The Kier molecular flexibility index (Phi) is 14.6. The number of aromatic carboxylic acids is 2. The fourth-order valence-electron chi connectivity index (χ4n) is 5.57. The van der Waals surface area contributed by atoms with Crippen LogP contribution in [-0.4, -0.2) is 38.8 Å². The van der Waals surface area contributed by atoms with Crippen LogP contribution in [-0.2, 0) is 10.8 Å². The monoisotopic (exact) mass is 1000 g/mol. The van der Waals surface area contributed by atoms with Crippen LogP contribution in [0.4, 0.5) is 0 Å². The van der Waals surface area contributed by atoms with E-state index < -0.39 is 11.9 Å². The molecule has 7 nitrogen and oxygen atoms in total. The van der Waals surface area contributed by atoms with Crippen molar-refractivity contribution < 1.29 is 78.8 Å². The molecule has 215 valence electrons. The summed E-state index contributed by atoms with van der Waals surface area (Å²) in [6, 6.07) is 8.50. The molecule has 2 heterocycles. The third-order valence-electron chi connectivity index (χ3n) is 6.48. The van der Waals surface area contributed by atoms with Crippen molar-refractivity contribution >= 4 is 64.9 Å². The number of fused-ring (bicyclic) bond motifs is 2. The van der Waals surface area contributed by atoms with Gasteiger partial charge < -0.3 is 25.2 Å². The quantitative estimate of drug-likeness (QED) is 0.296. The number of carboxylic acids is 2. The summed E-state index contributed by atoms with van der Waals surface area (Å²) in [5, 5.41) is 18.2. The van der Waals surface area contributed by atoms with E-state index in [0.717, 1.165) is 39.0 Å². The van der Waals surface area contributed by atoms with Crippen molar-refractivity contribution in [2.45, 2.75) is 90.3 Å². The molecule has 0 saturated heterocycles. The van der Waals surface area contributed by atoms with E-state index in [4.69, 9.17) is 19.7 Å². The average Bonchev–Trinajstić information content (AvgIpc) is 2.73. The van der Waals surface area contributed by atoms with E-state index in [2.05, 4.69) is 86.9 Å². The van der Waals surface area contributed by atoms with Gasteiger partial charge in [0.15, 0.2) is 0 Å². The Balaban J connectivity index is 0.000000665. The zero-order valence-corrected chi connectivity index (χ0v) is 33.4. The van der Waals surface area contributed by atoms with Crippen molar-refractivity contribution in [3.63, 3.8) is 0 Å². The van der Waals surface area contributed by atoms with Gasteiger partial charge in [0.2, 0.25) is 0 Å². The second-order valence-electron chi connectivity index (χ2n) is 12.0. The van der Waals surface area contributed by atoms with Crippen LogP contribution in [0.15, 0.2) is 30.3 Å². The Morgan fingerprint density at radius 2 is 1.21 bits per heavy atom. The predicted molar refractivity (Wildman–Crippen MR) is 168 cm³/mol. The van der Waals surface area contributed by atoms with Crippen molar-refractivity contribution in [3.05, 3.63) is 56.2 Å². The van der Waals surface area contributed by atoms with Gasteiger partial charge in [-0.1, -0.05) is 27.7 Å². The molecule has 0 bridgehead atoms. The minimum absolute atomic E-state index is 0. The zero-order chi connectivity index (χ0) is 28.6. The first-order valence-electron chi connectivity index (χ1n) is 11.8. The van der Waals surface area contributed by atoms with Crippen LogP contribution >= 0.6 is 53.0 Å². The number of ether oxygens (including phenoxy) is 2. The van der Waals surface area contributed by atoms with E-state index >= 15 is 0 Å². The minimum atomic E-state index is -0.895. The molecule has 0 saturated carbocycles. The van der Waals surface area contributed by atoms with Crippen LogP contribution < -0.4 is 9.47 Å². The SMILES string of the molecule is CC1(C)CC(C)(C)c2cc(C(=O)O)cc(I)c2O1.CC1(C)CC(C)(C)c2cc(C(=O)O)ccc2O1.ClI.O.[Ac]. The Bertz CT molecular complexity index is 1200. The molecule has 0 spiro atoms. The number of rotatable bonds is 2. The van der Waals surface area contributed by atoms with Crippen LogP contribution in [0, 0.1) is 47.6 Å². The molecule has 4 rings (SSSR count). The number of halogens is 3. The van der Waals surface area contributed by atoms with Crippen molar-refractivity contribution in [3.8, 4) is 11.5 Å². The van der Waals surface area contributed by atoms with E-state index in [1.54, 1.807) is 51.8 Å². The van der Waals surface area contributed by atoms with E-state index in [0.29, 0.717) is 11.1 Å². The molecular weight excluding hydrogens is 965 g/mol. The maximum atomic E-state index is 11.1. The van der Waals surface area contributed by atoms with E-state index in [9.17, 15) is 9.59 Å². The third-order valence-corrected chi connectivity index (χ3v) is 7.28. The fourth-order valence-corrected chi connectivity index (χ4v) is 6.31. The summed E-state index contributed by atoms with van der Waals surface area (Å²) in [5.41, 5.74) is 2.05. The standard InChI is InChI=1S/C14H17IO3.C14H18O3.Ac.ClI.H2O/c1-13(2)7-14(3,4)18-11-9(13)5-8(12(16)17)6-10(11)15;1-13(2)8-14(3,4)17-11-6-5-9(12(15)16)7-10(11)13;;1-2;/h5-6H,7H2,1-4H3,(H,16,17);5-7H,8H2,1-4H3,(H,15,16);;;1H2. The fraction of sp³-hybridized carbons (Fsp3) is 0.500. The summed E-state index contributed by atoms with van der Waals surface area (Å²) < 4.78 is 12.8. The first kappa shape index (κ1) is 39.1. The summed E-state index contributed by atoms with van der Waals surface area (Å²) in [7, 11) is 4.61. The molecule has 2 aliphatic heterocycles. The maximum Gasteiger partial charge on any atom is 0.335 e. The molecule has 39 heavy (non-hydrogen) atoms. The largest absolute Gasteiger partial charge is 0.488 e. The Morgan fingerprint density at radius 3 is 1.69 bits per heavy atom. The number of hydrogen-bond donors (Lipinski definition) is 2. The molecule has 2 aromatic rings. The summed E-state index contributed by atoms with van der Waals surface area (Å²) >= 11 is 3.77. The topological polar surface area (TPSA) is 125 Å². The minimum Gasteiger partial charge on any atom is -0.488 e. The van der Waals surface area contributed by atoms with E-state index in [1.807, 2.05) is 0 Å². The van der Waals surface area contributed by atoms with Crippen LogP contribution in [0.3, 0.4) is 0 Å². The molecule has 0 amide bonds. The average molecular weight is 1000 g/mol. The smallest absolute Gasteiger partial charge is 0.335 e. The molecule has 0 aliphatic carbocycles. The van der Waals surface area contributed by atoms with Gasteiger partial charge in [0.05, 0.1) is 14.7 Å². The molecule has 4 N–H and O–H groups in total. The number of carboxylic acid groups (broad SMARTS) is 2. The van der Waals surface area contributed by atoms with Crippen molar-refractivity contribution in [2.75, 3.05) is 0 Å². The normalized spacial score (nSPS) is 18.1.